The molecule has 0 N–H and O–H groups in total. The third-order valence-electron chi connectivity index (χ3n) is 3.99. The zero-order valence-electron chi connectivity index (χ0n) is 12.1. The first-order valence-corrected chi connectivity index (χ1v) is 7.18. The average molecular weight is 297 g/mol. The van der Waals surface area contributed by atoms with Crippen LogP contribution in [0.5, 0.6) is 0 Å². The van der Waals surface area contributed by atoms with Crippen LogP contribution in [0.25, 0.3) is 5.65 Å². The molecule has 112 valence electrons. The number of hydrogen-bond acceptors (Lipinski definition) is 5. The molecule has 4 rings (SSSR count). The summed E-state index contributed by atoms with van der Waals surface area (Å²) in [5, 5.41) is 15.6. The lowest BCUT2D eigenvalue weighted by Crippen LogP contribution is -2.29. The largest absolute Gasteiger partial charge is 0.336 e. The Labute approximate surface area is 126 Å². The molecule has 8 heteroatoms. The highest BCUT2D eigenvalue weighted by Gasteiger charge is 2.28. The number of amides is 1. The summed E-state index contributed by atoms with van der Waals surface area (Å²) in [6.07, 6.45) is 6.45. The summed E-state index contributed by atoms with van der Waals surface area (Å²) in [5.41, 5.74) is 2.36. The van der Waals surface area contributed by atoms with Crippen LogP contribution in [0, 0.1) is 6.92 Å². The Bertz CT molecular complexity index is 836. The van der Waals surface area contributed by atoms with Crippen molar-refractivity contribution in [3.8, 4) is 0 Å². The van der Waals surface area contributed by atoms with Gasteiger partial charge in [0.2, 0.25) is 0 Å². The summed E-state index contributed by atoms with van der Waals surface area (Å²) in [6.45, 7) is 3.42. The lowest BCUT2D eigenvalue weighted by molar-refractivity contribution is 0.0786. The van der Waals surface area contributed by atoms with Crippen molar-refractivity contribution in [2.75, 3.05) is 13.1 Å². The molecule has 1 amide bonds. The fraction of sp³-hybridized carbons (Fsp3) is 0.357. The van der Waals surface area contributed by atoms with E-state index in [2.05, 4.69) is 20.6 Å². The minimum atomic E-state index is 0.00350. The first-order chi connectivity index (χ1) is 10.7. The van der Waals surface area contributed by atoms with Crippen molar-refractivity contribution >= 4 is 11.6 Å². The highest BCUT2D eigenvalue weighted by molar-refractivity contribution is 5.94. The monoisotopic (exact) mass is 297 g/mol. The highest BCUT2D eigenvalue weighted by Crippen LogP contribution is 2.22. The Morgan fingerprint density at radius 2 is 2.23 bits per heavy atom. The summed E-state index contributed by atoms with van der Waals surface area (Å²) >= 11 is 0. The molecule has 22 heavy (non-hydrogen) atoms. The molecule has 3 aromatic rings. The van der Waals surface area contributed by atoms with Gasteiger partial charge in [-0.05, 0) is 41.5 Å². The van der Waals surface area contributed by atoms with Gasteiger partial charge in [-0.25, -0.2) is 0 Å². The van der Waals surface area contributed by atoms with E-state index in [1.165, 1.54) is 4.52 Å². The van der Waals surface area contributed by atoms with Gasteiger partial charge in [0, 0.05) is 25.5 Å². The van der Waals surface area contributed by atoms with Gasteiger partial charge in [-0.2, -0.15) is 9.61 Å². The number of likely N-dealkylation sites (tertiary alicyclic amines) is 1. The molecule has 0 saturated carbocycles. The maximum absolute atomic E-state index is 12.6. The summed E-state index contributed by atoms with van der Waals surface area (Å²) in [5.74, 6) is 0.00350. The van der Waals surface area contributed by atoms with Crippen molar-refractivity contribution in [2.24, 2.45) is 0 Å². The molecule has 1 atom stereocenters. The van der Waals surface area contributed by atoms with Gasteiger partial charge >= 0.3 is 0 Å². The number of rotatable bonds is 2. The molecule has 1 saturated heterocycles. The number of nitrogens with zero attached hydrogens (tertiary/aromatic N) is 7. The molecule has 0 spiro atoms. The lowest BCUT2D eigenvalue weighted by Gasteiger charge is -2.16. The van der Waals surface area contributed by atoms with E-state index in [9.17, 15) is 4.79 Å². The van der Waals surface area contributed by atoms with Gasteiger partial charge in [0.1, 0.15) is 0 Å². The molecule has 4 heterocycles. The Balaban J connectivity index is 1.53. The van der Waals surface area contributed by atoms with E-state index in [0.29, 0.717) is 17.8 Å². The van der Waals surface area contributed by atoms with Crippen LogP contribution in [0.1, 0.15) is 28.4 Å². The predicted octanol–water partition coefficient (Wildman–Crippen LogP) is 0.716. The summed E-state index contributed by atoms with van der Waals surface area (Å²) < 4.78 is 3.46. The van der Waals surface area contributed by atoms with Crippen molar-refractivity contribution in [3.05, 3.63) is 41.9 Å². The first kappa shape index (κ1) is 12.9. The number of aromatic nitrogens is 6. The van der Waals surface area contributed by atoms with Gasteiger partial charge in [0.25, 0.3) is 5.91 Å². The number of pyridine rings is 1. The Kier molecular flexibility index (Phi) is 2.88. The van der Waals surface area contributed by atoms with E-state index in [1.54, 1.807) is 18.3 Å². The smallest absolute Gasteiger partial charge is 0.255 e. The molecular weight excluding hydrogens is 282 g/mol. The van der Waals surface area contributed by atoms with E-state index < -0.39 is 0 Å². The Hall–Kier alpha value is -2.77. The van der Waals surface area contributed by atoms with Crippen LogP contribution in [-0.2, 0) is 0 Å². The molecule has 0 aliphatic carbocycles. The van der Waals surface area contributed by atoms with Crippen LogP contribution in [-0.4, -0.2) is 53.7 Å². The third kappa shape index (κ3) is 2.12. The number of fused-ring (bicyclic) bond motifs is 1. The highest BCUT2D eigenvalue weighted by atomic mass is 16.2. The molecule has 1 fully saturated rings. The molecular formula is C14H15N7O. The van der Waals surface area contributed by atoms with Crippen LogP contribution >= 0.6 is 0 Å². The van der Waals surface area contributed by atoms with Gasteiger partial charge in [0.15, 0.2) is 5.65 Å². The van der Waals surface area contributed by atoms with Crippen LogP contribution in [0.3, 0.4) is 0 Å². The molecule has 1 aliphatic heterocycles. The first-order valence-electron chi connectivity index (χ1n) is 7.18. The van der Waals surface area contributed by atoms with Gasteiger partial charge in [-0.1, -0.05) is 0 Å². The number of tetrazole rings is 1. The van der Waals surface area contributed by atoms with Crippen LogP contribution in [0.4, 0.5) is 0 Å². The lowest BCUT2D eigenvalue weighted by atomic mass is 10.2. The third-order valence-corrected chi connectivity index (χ3v) is 3.99. The van der Waals surface area contributed by atoms with Crippen molar-refractivity contribution in [3.63, 3.8) is 0 Å². The number of aryl methyl sites for hydroxylation is 1. The number of hydrogen-bond donors (Lipinski definition) is 0. The van der Waals surface area contributed by atoms with E-state index in [0.717, 1.165) is 18.5 Å². The van der Waals surface area contributed by atoms with Crippen LogP contribution < -0.4 is 0 Å². The fourth-order valence-corrected chi connectivity index (χ4v) is 2.83. The summed E-state index contributed by atoms with van der Waals surface area (Å²) in [4.78, 5) is 14.5. The zero-order valence-corrected chi connectivity index (χ0v) is 12.1. The number of carbonyl (C=O) groups excluding carboxylic acids is 1. The van der Waals surface area contributed by atoms with Gasteiger partial charge in [-0.15, -0.1) is 5.10 Å². The van der Waals surface area contributed by atoms with Crippen molar-refractivity contribution < 1.29 is 4.79 Å². The summed E-state index contributed by atoms with van der Waals surface area (Å²) in [7, 11) is 0. The standard InChI is InChI=1S/C14H15N7O/c1-10-6-15-20(7-10)12-4-5-19(9-12)14(22)11-2-3-13-16-17-18-21(13)8-11/h2-3,6-8,12H,4-5,9H2,1H3. The normalized spacial score (nSPS) is 18.2. The van der Waals surface area contributed by atoms with Crippen LogP contribution in [0.2, 0.25) is 0 Å². The molecule has 8 nitrogen and oxygen atoms in total. The molecule has 1 aliphatic rings. The van der Waals surface area contributed by atoms with E-state index in [-0.39, 0.29) is 11.9 Å². The quantitative estimate of drug-likeness (QED) is 0.696. The summed E-state index contributed by atoms with van der Waals surface area (Å²) in [6, 6.07) is 3.76. The predicted molar refractivity (Wildman–Crippen MR) is 77.3 cm³/mol. The number of carbonyl (C=O) groups is 1. The second-order valence-corrected chi connectivity index (χ2v) is 5.59. The van der Waals surface area contributed by atoms with Gasteiger partial charge in [-0.3, -0.25) is 9.48 Å². The second kappa shape index (κ2) is 4.90. The van der Waals surface area contributed by atoms with E-state index in [1.807, 2.05) is 28.9 Å². The Morgan fingerprint density at radius 3 is 3.05 bits per heavy atom. The molecule has 0 radical (unpaired) electrons. The Morgan fingerprint density at radius 1 is 1.32 bits per heavy atom. The van der Waals surface area contributed by atoms with Gasteiger partial charge in [0.05, 0.1) is 17.8 Å². The minimum absolute atomic E-state index is 0.00350. The fourth-order valence-electron chi connectivity index (χ4n) is 2.83. The van der Waals surface area contributed by atoms with Gasteiger partial charge < -0.3 is 4.90 Å². The topological polar surface area (TPSA) is 81.2 Å². The molecule has 0 aromatic carbocycles. The average Bonchev–Trinajstić information content (AvgIpc) is 3.25. The molecule has 1 unspecified atom stereocenters. The van der Waals surface area contributed by atoms with Crippen molar-refractivity contribution in [2.45, 2.75) is 19.4 Å². The van der Waals surface area contributed by atoms with Crippen molar-refractivity contribution in [1.29, 1.82) is 0 Å². The zero-order chi connectivity index (χ0) is 15.1. The van der Waals surface area contributed by atoms with E-state index in [4.69, 9.17) is 0 Å². The molecule has 0 bridgehead atoms. The van der Waals surface area contributed by atoms with E-state index >= 15 is 0 Å². The molecule has 3 aromatic heterocycles. The maximum Gasteiger partial charge on any atom is 0.255 e. The SMILES string of the molecule is Cc1cnn(C2CCN(C(=O)c3ccc4nnnn4c3)C2)c1. The van der Waals surface area contributed by atoms with Crippen molar-refractivity contribution in [1.82, 2.24) is 34.7 Å². The maximum atomic E-state index is 12.6. The minimum Gasteiger partial charge on any atom is -0.336 e. The second-order valence-electron chi connectivity index (χ2n) is 5.59. The van der Waals surface area contributed by atoms with Crippen LogP contribution in [0.15, 0.2) is 30.7 Å².